The van der Waals surface area contributed by atoms with Gasteiger partial charge in [-0.25, -0.2) is 4.39 Å². The standard InChI is InChI=1S/C32H33F4NO/c1-2-3-4-5-6-25-9-17-28(37-22-25)16-8-24-12-20-30-27(21-24)15-14-26(31(30)33)13-7-23-10-18-29(19-11-23)38-32(34,35)36/h9-12,14-15,17-22H,2-8,13,16H2,1H3. The Morgan fingerprint density at radius 1 is 0.711 bits per heavy atom. The van der Waals surface area contributed by atoms with Crippen molar-refractivity contribution in [3.8, 4) is 5.75 Å². The maximum absolute atomic E-state index is 15.2. The van der Waals surface area contributed by atoms with Crippen LogP contribution in [0.15, 0.2) is 72.9 Å². The Labute approximate surface area is 221 Å². The first-order chi connectivity index (χ1) is 18.3. The zero-order chi connectivity index (χ0) is 27.0. The number of nitrogens with zero attached hydrogens (tertiary/aromatic N) is 1. The lowest BCUT2D eigenvalue weighted by Crippen LogP contribution is -2.17. The number of halogens is 4. The van der Waals surface area contributed by atoms with Crippen LogP contribution in [0.5, 0.6) is 5.75 Å². The predicted octanol–water partition coefficient (Wildman–Crippen LogP) is 8.97. The average molecular weight is 524 g/mol. The summed E-state index contributed by atoms with van der Waals surface area (Å²) in [7, 11) is 0. The van der Waals surface area contributed by atoms with E-state index in [4.69, 9.17) is 0 Å². The molecule has 200 valence electrons. The molecule has 0 fully saturated rings. The van der Waals surface area contributed by atoms with Gasteiger partial charge in [-0.05, 0) is 84.4 Å². The summed E-state index contributed by atoms with van der Waals surface area (Å²) in [6, 6.07) is 19.5. The number of pyridine rings is 1. The number of unbranched alkanes of at least 4 members (excludes halogenated alkanes) is 3. The Hall–Kier alpha value is -3.41. The van der Waals surface area contributed by atoms with Crippen LogP contribution in [-0.2, 0) is 32.1 Å². The van der Waals surface area contributed by atoms with E-state index < -0.39 is 6.36 Å². The zero-order valence-electron chi connectivity index (χ0n) is 21.7. The zero-order valence-corrected chi connectivity index (χ0v) is 21.7. The first-order valence-corrected chi connectivity index (χ1v) is 13.3. The normalized spacial score (nSPS) is 11.7. The van der Waals surface area contributed by atoms with E-state index in [0.717, 1.165) is 41.5 Å². The highest BCUT2D eigenvalue weighted by molar-refractivity contribution is 5.84. The fourth-order valence-corrected chi connectivity index (χ4v) is 4.65. The number of alkyl halides is 3. The smallest absolute Gasteiger partial charge is 0.406 e. The highest BCUT2D eigenvalue weighted by Crippen LogP contribution is 2.26. The van der Waals surface area contributed by atoms with Crippen LogP contribution in [0.1, 0.15) is 60.6 Å². The van der Waals surface area contributed by atoms with E-state index in [9.17, 15) is 13.2 Å². The molecule has 0 bridgehead atoms. The minimum atomic E-state index is -4.72. The maximum Gasteiger partial charge on any atom is 0.573 e. The van der Waals surface area contributed by atoms with Gasteiger partial charge in [-0.3, -0.25) is 4.98 Å². The highest BCUT2D eigenvalue weighted by atomic mass is 19.4. The molecular formula is C32H33F4NO. The van der Waals surface area contributed by atoms with E-state index in [2.05, 4.69) is 28.8 Å². The van der Waals surface area contributed by atoms with Gasteiger partial charge in [0.2, 0.25) is 0 Å². The molecule has 3 aromatic carbocycles. The van der Waals surface area contributed by atoms with Crippen molar-refractivity contribution in [2.45, 2.75) is 71.1 Å². The van der Waals surface area contributed by atoms with Crippen molar-refractivity contribution in [2.24, 2.45) is 0 Å². The average Bonchev–Trinajstić information content (AvgIpc) is 2.90. The highest BCUT2D eigenvalue weighted by Gasteiger charge is 2.30. The van der Waals surface area contributed by atoms with Crippen molar-refractivity contribution < 1.29 is 22.3 Å². The molecule has 0 spiro atoms. The van der Waals surface area contributed by atoms with Gasteiger partial charge in [0.1, 0.15) is 11.6 Å². The first-order valence-electron chi connectivity index (χ1n) is 13.3. The molecule has 2 nitrogen and oxygen atoms in total. The van der Waals surface area contributed by atoms with Crippen molar-refractivity contribution in [1.82, 2.24) is 4.98 Å². The summed E-state index contributed by atoms with van der Waals surface area (Å²) < 4.78 is 56.1. The van der Waals surface area contributed by atoms with Crippen molar-refractivity contribution >= 4 is 10.8 Å². The fraction of sp³-hybridized carbons (Fsp3) is 0.344. The van der Waals surface area contributed by atoms with Crippen LogP contribution in [0.2, 0.25) is 0 Å². The molecule has 0 aliphatic rings. The van der Waals surface area contributed by atoms with Crippen LogP contribution >= 0.6 is 0 Å². The van der Waals surface area contributed by atoms with Crippen LogP contribution in [0.25, 0.3) is 10.8 Å². The molecule has 6 heteroatoms. The van der Waals surface area contributed by atoms with E-state index in [0.29, 0.717) is 23.8 Å². The Morgan fingerprint density at radius 3 is 2.16 bits per heavy atom. The van der Waals surface area contributed by atoms with Crippen molar-refractivity contribution in [3.05, 3.63) is 107 Å². The van der Waals surface area contributed by atoms with Gasteiger partial charge in [-0.2, -0.15) is 0 Å². The number of benzene rings is 3. The number of rotatable bonds is 12. The molecule has 4 rings (SSSR count). The SMILES string of the molecule is CCCCCCc1ccc(CCc2ccc3c(F)c(CCc4ccc(OC(F)(F)F)cc4)ccc3c2)nc1. The van der Waals surface area contributed by atoms with Crippen molar-refractivity contribution in [3.63, 3.8) is 0 Å². The number of hydrogen-bond donors (Lipinski definition) is 0. The molecule has 1 aromatic heterocycles. The summed E-state index contributed by atoms with van der Waals surface area (Å²) >= 11 is 0. The molecule has 0 aliphatic carbocycles. The Balaban J connectivity index is 1.32. The van der Waals surface area contributed by atoms with Crippen LogP contribution in [0.3, 0.4) is 0 Å². The third-order valence-electron chi connectivity index (χ3n) is 6.81. The molecule has 0 amide bonds. The lowest BCUT2D eigenvalue weighted by Gasteiger charge is -2.10. The van der Waals surface area contributed by atoms with Gasteiger partial charge in [-0.15, -0.1) is 13.2 Å². The molecule has 4 aromatic rings. The largest absolute Gasteiger partial charge is 0.573 e. The molecule has 0 unspecified atom stereocenters. The van der Waals surface area contributed by atoms with E-state index in [1.54, 1.807) is 18.2 Å². The second kappa shape index (κ2) is 12.9. The molecule has 0 saturated heterocycles. The minimum Gasteiger partial charge on any atom is -0.406 e. The van der Waals surface area contributed by atoms with Crippen molar-refractivity contribution in [1.29, 1.82) is 0 Å². The molecule has 1 heterocycles. The molecule has 0 N–H and O–H groups in total. The van der Waals surface area contributed by atoms with Gasteiger partial charge in [0.25, 0.3) is 0 Å². The minimum absolute atomic E-state index is 0.248. The van der Waals surface area contributed by atoms with E-state index in [1.807, 2.05) is 30.5 Å². The summed E-state index contributed by atoms with van der Waals surface area (Å²) in [6.07, 6.45) is 5.96. The van der Waals surface area contributed by atoms with E-state index in [1.165, 1.54) is 43.4 Å². The van der Waals surface area contributed by atoms with E-state index in [-0.39, 0.29) is 11.6 Å². The summed E-state index contributed by atoms with van der Waals surface area (Å²) in [6.45, 7) is 2.22. The van der Waals surface area contributed by atoms with Gasteiger partial charge in [-0.1, -0.05) is 74.7 Å². The topological polar surface area (TPSA) is 22.1 Å². The fourth-order valence-electron chi connectivity index (χ4n) is 4.65. The predicted molar refractivity (Wildman–Crippen MR) is 144 cm³/mol. The molecule has 0 aliphatic heterocycles. The lowest BCUT2D eigenvalue weighted by atomic mass is 9.98. The summed E-state index contributed by atoms with van der Waals surface area (Å²) in [5, 5.41) is 1.43. The van der Waals surface area contributed by atoms with Crippen LogP contribution in [0, 0.1) is 5.82 Å². The van der Waals surface area contributed by atoms with E-state index >= 15 is 4.39 Å². The maximum atomic E-state index is 15.2. The molecule has 38 heavy (non-hydrogen) atoms. The lowest BCUT2D eigenvalue weighted by molar-refractivity contribution is -0.274. The molecule has 0 saturated carbocycles. The Bertz CT molecular complexity index is 1310. The van der Waals surface area contributed by atoms with Gasteiger partial charge in [0, 0.05) is 17.3 Å². The second-order valence-corrected chi connectivity index (χ2v) is 9.75. The number of aryl methyl sites for hydroxylation is 5. The van der Waals surface area contributed by atoms with Gasteiger partial charge >= 0.3 is 6.36 Å². The number of ether oxygens (including phenoxy) is 1. The summed E-state index contributed by atoms with van der Waals surface area (Å²) in [5.41, 5.74) is 4.87. The molecule has 0 atom stereocenters. The van der Waals surface area contributed by atoms with Crippen molar-refractivity contribution in [2.75, 3.05) is 0 Å². The summed E-state index contributed by atoms with van der Waals surface area (Å²) in [4.78, 5) is 4.63. The van der Waals surface area contributed by atoms with Crippen LogP contribution in [0.4, 0.5) is 17.6 Å². The van der Waals surface area contributed by atoms with Crippen LogP contribution in [-0.4, -0.2) is 11.3 Å². The summed E-state index contributed by atoms with van der Waals surface area (Å²) in [5.74, 6) is -0.512. The number of aromatic nitrogens is 1. The Kier molecular flexibility index (Phi) is 9.38. The number of fused-ring (bicyclic) bond motifs is 1. The van der Waals surface area contributed by atoms with Gasteiger partial charge in [0.05, 0.1) is 0 Å². The number of hydrogen-bond acceptors (Lipinski definition) is 2. The Morgan fingerprint density at radius 2 is 1.45 bits per heavy atom. The molecular weight excluding hydrogens is 490 g/mol. The monoisotopic (exact) mass is 523 g/mol. The third kappa shape index (κ3) is 8.04. The third-order valence-corrected chi connectivity index (χ3v) is 6.81. The first kappa shape index (κ1) is 27.6. The molecule has 0 radical (unpaired) electrons. The van der Waals surface area contributed by atoms with Gasteiger partial charge in [0.15, 0.2) is 0 Å². The van der Waals surface area contributed by atoms with Gasteiger partial charge < -0.3 is 4.74 Å². The second-order valence-electron chi connectivity index (χ2n) is 9.75. The van der Waals surface area contributed by atoms with Crippen LogP contribution < -0.4 is 4.74 Å². The quantitative estimate of drug-likeness (QED) is 0.137.